The lowest BCUT2D eigenvalue weighted by molar-refractivity contribution is -0.669. The van der Waals surface area contributed by atoms with E-state index in [9.17, 15) is 0 Å². The van der Waals surface area contributed by atoms with E-state index in [0.717, 1.165) is 0 Å². The third kappa shape index (κ3) is 1.93. The molecule has 3 aliphatic rings. The van der Waals surface area contributed by atoms with Gasteiger partial charge in [0.1, 0.15) is 7.05 Å². The Bertz CT molecular complexity index is 893. The van der Waals surface area contributed by atoms with E-state index in [0.29, 0.717) is 10.8 Å². The average Bonchev–Trinajstić information content (AvgIpc) is 2.94. The molecule has 1 aromatic heterocycles. The van der Waals surface area contributed by atoms with Crippen LogP contribution in [-0.4, -0.2) is 0 Å². The normalized spacial score (nSPS) is 29.6. The van der Waals surface area contributed by atoms with Crippen LogP contribution in [0.2, 0.25) is 0 Å². The second kappa shape index (κ2) is 4.96. The SMILES string of the molecule is Cc1ccccc1-c1c2c3c4c([n+]1C)CCCC4(C)CCC3(C)CC2. The predicted molar refractivity (Wildman–Crippen MR) is 103 cm³/mol. The van der Waals surface area contributed by atoms with Gasteiger partial charge in [0, 0.05) is 23.1 Å². The maximum atomic E-state index is 2.59. The molecular formula is C24H30N+. The molecule has 1 aromatic carbocycles. The van der Waals surface area contributed by atoms with Crippen molar-refractivity contribution in [3.63, 3.8) is 0 Å². The molecule has 0 spiro atoms. The fourth-order valence-corrected chi connectivity index (χ4v) is 6.30. The van der Waals surface area contributed by atoms with Crippen molar-refractivity contribution in [1.82, 2.24) is 0 Å². The zero-order valence-electron chi connectivity index (χ0n) is 16.2. The van der Waals surface area contributed by atoms with Crippen LogP contribution in [0.15, 0.2) is 24.3 Å². The second-order valence-electron chi connectivity index (χ2n) is 9.37. The van der Waals surface area contributed by atoms with Gasteiger partial charge in [-0.1, -0.05) is 32.0 Å². The van der Waals surface area contributed by atoms with Gasteiger partial charge in [-0.2, -0.15) is 4.57 Å². The number of hydrogen-bond donors (Lipinski definition) is 0. The minimum Gasteiger partial charge on any atom is -0.198 e. The first-order chi connectivity index (χ1) is 11.9. The van der Waals surface area contributed by atoms with Crippen LogP contribution in [0.1, 0.15) is 73.9 Å². The Morgan fingerprint density at radius 2 is 1.60 bits per heavy atom. The molecule has 1 nitrogen and oxygen atoms in total. The lowest BCUT2D eigenvalue weighted by Crippen LogP contribution is -2.48. The van der Waals surface area contributed by atoms with Crippen molar-refractivity contribution in [3.05, 3.63) is 52.2 Å². The average molecular weight is 333 g/mol. The van der Waals surface area contributed by atoms with Gasteiger partial charge >= 0.3 is 0 Å². The summed E-state index contributed by atoms with van der Waals surface area (Å²) in [5.41, 5.74) is 12.1. The molecule has 0 saturated heterocycles. The van der Waals surface area contributed by atoms with E-state index in [1.807, 2.05) is 0 Å². The number of benzene rings is 1. The Labute approximate surface area is 152 Å². The number of rotatable bonds is 1. The summed E-state index contributed by atoms with van der Waals surface area (Å²) in [5.74, 6) is 0. The van der Waals surface area contributed by atoms with Crippen molar-refractivity contribution in [2.75, 3.05) is 0 Å². The molecule has 1 heterocycles. The van der Waals surface area contributed by atoms with Crippen molar-refractivity contribution in [1.29, 1.82) is 0 Å². The van der Waals surface area contributed by atoms with E-state index in [2.05, 4.69) is 56.7 Å². The van der Waals surface area contributed by atoms with Crippen molar-refractivity contribution >= 4 is 0 Å². The predicted octanol–water partition coefficient (Wildman–Crippen LogP) is 5.08. The summed E-state index contributed by atoms with van der Waals surface area (Å²) in [6.45, 7) is 7.37. The second-order valence-corrected chi connectivity index (χ2v) is 9.37. The number of hydrogen-bond acceptors (Lipinski definition) is 0. The molecule has 0 N–H and O–H groups in total. The zero-order chi connectivity index (χ0) is 17.4. The fraction of sp³-hybridized carbons (Fsp3) is 0.542. The van der Waals surface area contributed by atoms with Crippen molar-refractivity contribution in [2.45, 2.75) is 76.5 Å². The van der Waals surface area contributed by atoms with Crippen molar-refractivity contribution < 1.29 is 4.57 Å². The van der Waals surface area contributed by atoms with E-state index in [4.69, 9.17) is 0 Å². The van der Waals surface area contributed by atoms with Crippen LogP contribution in [0.5, 0.6) is 0 Å². The van der Waals surface area contributed by atoms with Gasteiger partial charge in [0.05, 0.1) is 0 Å². The molecule has 5 rings (SSSR count). The number of nitrogens with zero attached hydrogens (tertiary/aromatic N) is 1. The highest BCUT2D eigenvalue weighted by molar-refractivity contribution is 5.69. The van der Waals surface area contributed by atoms with Crippen LogP contribution in [0.3, 0.4) is 0 Å². The van der Waals surface area contributed by atoms with E-state index in [1.165, 1.54) is 61.8 Å². The summed E-state index contributed by atoms with van der Waals surface area (Å²) >= 11 is 0. The molecule has 0 aliphatic heterocycles. The first-order valence-electron chi connectivity index (χ1n) is 10.1. The van der Waals surface area contributed by atoms with Gasteiger partial charge in [-0.15, -0.1) is 0 Å². The number of aryl methyl sites for hydroxylation is 1. The smallest absolute Gasteiger partial charge is 0.198 e. The lowest BCUT2D eigenvalue weighted by atomic mass is 9.58. The minimum atomic E-state index is 0.419. The molecule has 0 bridgehead atoms. The maximum absolute atomic E-state index is 2.59. The van der Waals surface area contributed by atoms with Gasteiger partial charge in [0.2, 0.25) is 5.69 Å². The monoisotopic (exact) mass is 332 g/mol. The molecule has 2 unspecified atom stereocenters. The molecule has 0 fully saturated rings. The highest BCUT2D eigenvalue weighted by Crippen LogP contribution is 2.57. The van der Waals surface area contributed by atoms with Gasteiger partial charge in [-0.25, -0.2) is 0 Å². The molecule has 0 saturated carbocycles. The summed E-state index contributed by atoms with van der Waals surface area (Å²) < 4.78 is 2.59. The zero-order valence-corrected chi connectivity index (χ0v) is 16.2. The highest BCUT2D eigenvalue weighted by atomic mass is 15.0. The Kier molecular flexibility index (Phi) is 3.10. The molecule has 2 aromatic rings. The summed E-state index contributed by atoms with van der Waals surface area (Å²) in [6, 6.07) is 8.98. The summed E-state index contributed by atoms with van der Waals surface area (Å²) in [5, 5.41) is 0. The van der Waals surface area contributed by atoms with Crippen LogP contribution < -0.4 is 4.57 Å². The number of pyridine rings is 1. The van der Waals surface area contributed by atoms with Gasteiger partial charge in [-0.3, -0.25) is 0 Å². The minimum absolute atomic E-state index is 0.419. The van der Waals surface area contributed by atoms with Gasteiger partial charge in [0.25, 0.3) is 0 Å². The van der Waals surface area contributed by atoms with Crippen LogP contribution in [0.4, 0.5) is 0 Å². The molecule has 3 aliphatic carbocycles. The quantitative estimate of drug-likeness (QED) is 0.641. The van der Waals surface area contributed by atoms with Gasteiger partial charge < -0.3 is 0 Å². The van der Waals surface area contributed by atoms with E-state index in [-0.39, 0.29) is 0 Å². The molecule has 2 atom stereocenters. The van der Waals surface area contributed by atoms with E-state index in [1.54, 1.807) is 22.4 Å². The van der Waals surface area contributed by atoms with Gasteiger partial charge in [-0.05, 0) is 73.5 Å². The van der Waals surface area contributed by atoms with Crippen LogP contribution in [0.25, 0.3) is 11.3 Å². The molecule has 0 amide bonds. The van der Waals surface area contributed by atoms with E-state index >= 15 is 0 Å². The van der Waals surface area contributed by atoms with Crippen LogP contribution >= 0.6 is 0 Å². The molecule has 130 valence electrons. The largest absolute Gasteiger partial charge is 0.216 e. The van der Waals surface area contributed by atoms with Gasteiger partial charge in [0.15, 0.2) is 5.69 Å². The molecular weight excluding hydrogens is 302 g/mol. The Morgan fingerprint density at radius 1 is 0.880 bits per heavy atom. The maximum Gasteiger partial charge on any atom is 0.216 e. The number of aromatic nitrogens is 1. The van der Waals surface area contributed by atoms with Crippen LogP contribution in [0, 0.1) is 6.92 Å². The summed E-state index contributed by atoms with van der Waals surface area (Å²) in [4.78, 5) is 0. The summed E-state index contributed by atoms with van der Waals surface area (Å²) in [6.07, 6.45) is 9.34. The lowest BCUT2D eigenvalue weighted by Gasteiger charge is -2.45. The topological polar surface area (TPSA) is 3.88 Å². The van der Waals surface area contributed by atoms with Crippen molar-refractivity contribution in [3.8, 4) is 11.3 Å². The Hall–Kier alpha value is -1.63. The Balaban J connectivity index is 1.91. The fourth-order valence-electron chi connectivity index (χ4n) is 6.30. The third-order valence-electron chi connectivity index (χ3n) is 7.77. The molecule has 0 radical (unpaired) electrons. The summed E-state index contributed by atoms with van der Waals surface area (Å²) in [7, 11) is 2.34. The highest BCUT2D eigenvalue weighted by Gasteiger charge is 2.52. The first kappa shape index (κ1) is 15.6. The third-order valence-corrected chi connectivity index (χ3v) is 7.77. The van der Waals surface area contributed by atoms with E-state index < -0.39 is 0 Å². The standard InChI is InChI=1S/C24H30N/c1-16-8-5-6-9-17(16)22-18-11-13-24(3)15-14-23(2)12-7-10-19(25(22)4)21(23)20(18)24/h5-6,8-9H,7,10-15H2,1-4H3/q+1. The van der Waals surface area contributed by atoms with Crippen LogP contribution in [-0.2, 0) is 30.7 Å². The first-order valence-corrected chi connectivity index (χ1v) is 10.1. The van der Waals surface area contributed by atoms with Crippen molar-refractivity contribution in [2.24, 2.45) is 7.05 Å². The Morgan fingerprint density at radius 3 is 2.36 bits per heavy atom. The molecule has 25 heavy (non-hydrogen) atoms. The molecule has 1 heteroatoms.